The zero-order valence-electron chi connectivity index (χ0n) is 15.6. The molecule has 0 spiro atoms. The van der Waals surface area contributed by atoms with Gasteiger partial charge in [-0.25, -0.2) is 0 Å². The molecule has 0 N–H and O–H groups in total. The minimum atomic E-state index is -0.241. The van der Waals surface area contributed by atoms with E-state index >= 15 is 0 Å². The number of nitrogens with zero attached hydrogens (tertiary/aromatic N) is 2. The molecular weight excluding hydrogens is 410 g/mol. The summed E-state index contributed by atoms with van der Waals surface area (Å²) < 4.78 is 10.2. The van der Waals surface area contributed by atoms with Crippen LogP contribution in [-0.4, -0.2) is 24.2 Å². The number of aromatic nitrogens is 2. The third kappa shape index (κ3) is 3.45. The number of fused-ring (bicyclic) bond motifs is 2. The van der Waals surface area contributed by atoms with Crippen molar-refractivity contribution in [3.63, 3.8) is 0 Å². The fourth-order valence-corrected chi connectivity index (χ4v) is 3.07. The summed E-state index contributed by atoms with van der Waals surface area (Å²) in [4.78, 5) is 8.96. The second kappa shape index (κ2) is 7.99. The third-order valence-corrected chi connectivity index (χ3v) is 4.48. The van der Waals surface area contributed by atoms with E-state index in [2.05, 4.69) is 9.97 Å². The number of rotatable bonds is 4. The van der Waals surface area contributed by atoms with Crippen molar-refractivity contribution in [3.8, 4) is 23.0 Å². The Labute approximate surface area is 174 Å². The predicted octanol–water partition coefficient (Wildman–Crippen LogP) is 2.54. The van der Waals surface area contributed by atoms with Gasteiger partial charge in [-0.05, 0) is 58.7 Å². The van der Waals surface area contributed by atoms with Crippen LogP contribution in [0, 0.1) is 0 Å². The Balaban J connectivity index is 0.00000225. The zero-order chi connectivity index (χ0) is 19.0. The number of hydrogen-bond donors (Lipinski definition) is 0. The molecule has 6 nitrogen and oxygen atoms in total. The van der Waals surface area contributed by atoms with Crippen LogP contribution in [0.3, 0.4) is 0 Å². The van der Waals surface area contributed by atoms with Gasteiger partial charge in [0.2, 0.25) is 0 Å². The maximum absolute atomic E-state index is 12.4. The Morgan fingerprint density at radius 1 is 0.679 bits per heavy atom. The average Bonchev–Trinajstić information content (AvgIpc) is 2.69. The molecule has 28 heavy (non-hydrogen) atoms. The van der Waals surface area contributed by atoms with Crippen molar-refractivity contribution < 1.29 is 39.2 Å². The van der Waals surface area contributed by atoms with Gasteiger partial charge in [0.25, 0.3) is 0 Å². The van der Waals surface area contributed by atoms with Crippen molar-refractivity contribution in [1.29, 1.82) is 0 Å². The molecule has 0 amide bonds. The summed E-state index contributed by atoms with van der Waals surface area (Å²) >= 11 is 0. The van der Waals surface area contributed by atoms with E-state index in [-0.39, 0.29) is 42.5 Å². The maximum Gasteiger partial charge on any atom is 2.00 e. The van der Waals surface area contributed by atoms with Crippen LogP contribution in [0.15, 0.2) is 48.5 Å². The number of pyridine rings is 2. The molecule has 136 valence electrons. The fraction of sp³-hybridized carbons (Fsp3) is 0.143. The molecule has 0 aliphatic carbocycles. The van der Waals surface area contributed by atoms with E-state index in [0.29, 0.717) is 28.8 Å². The molecule has 2 aromatic heterocycles. The summed E-state index contributed by atoms with van der Waals surface area (Å²) in [6, 6.07) is 14.3. The molecule has 0 fully saturated rings. The third-order valence-electron chi connectivity index (χ3n) is 4.48. The standard InChI is InChI=1S/C21H18N2O4.Zn/c1-26-16-9-5-12-3-7-14(22-18(12)20(16)24)11-15-8-4-13-6-10-17(27-2)21(25)19(13)23-15;/h3-10,24-25H,11H2,1-2H3;/q;+2/p-2. The fourth-order valence-electron chi connectivity index (χ4n) is 3.07. The first-order chi connectivity index (χ1) is 13.1. The molecule has 0 aliphatic rings. The topological polar surface area (TPSA) is 90.4 Å². The van der Waals surface area contributed by atoms with Gasteiger partial charge in [0.1, 0.15) is 11.5 Å². The van der Waals surface area contributed by atoms with Crippen LogP contribution in [0.2, 0.25) is 0 Å². The molecule has 4 aromatic rings. The first kappa shape index (κ1) is 19.8. The van der Waals surface area contributed by atoms with E-state index in [0.717, 1.165) is 10.8 Å². The van der Waals surface area contributed by atoms with E-state index in [4.69, 9.17) is 9.47 Å². The molecule has 7 heteroatoms. The van der Waals surface area contributed by atoms with Gasteiger partial charge in [-0.3, -0.25) is 9.97 Å². The quantitative estimate of drug-likeness (QED) is 0.467. The van der Waals surface area contributed by atoms with Crippen LogP contribution in [-0.2, 0) is 25.9 Å². The van der Waals surface area contributed by atoms with Gasteiger partial charge < -0.3 is 19.7 Å². The van der Waals surface area contributed by atoms with Crippen molar-refractivity contribution in [2.75, 3.05) is 14.2 Å². The second-order valence-electron chi connectivity index (χ2n) is 6.12. The summed E-state index contributed by atoms with van der Waals surface area (Å²) in [5, 5.41) is 26.3. The molecule has 2 heterocycles. The smallest absolute Gasteiger partial charge is 0.868 e. The molecule has 0 aliphatic heterocycles. The molecule has 0 bridgehead atoms. The first-order valence-electron chi connectivity index (χ1n) is 8.38. The molecule has 0 saturated carbocycles. The summed E-state index contributed by atoms with van der Waals surface area (Å²) in [6.45, 7) is 0. The predicted molar refractivity (Wildman–Crippen MR) is 98.3 cm³/mol. The molecular formula is C21H16N2O4Zn. The van der Waals surface area contributed by atoms with Gasteiger partial charge >= 0.3 is 19.5 Å². The van der Waals surface area contributed by atoms with Gasteiger partial charge in [0, 0.05) is 17.8 Å². The van der Waals surface area contributed by atoms with Crippen molar-refractivity contribution in [1.82, 2.24) is 9.97 Å². The van der Waals surface area contributed by atoms with E-state index < -0.39 is 0 Å². The largest absolute Gasteiger partial charge is 2.00 e. The summed E-state index contributed by atoms with van der Waals surface area (Å²) in [7, 11) is 2.92. The minimum absolute atomic E-state index is 0. The Bertz CT molecular complexity index is 1070. The van der Waals surface area contributed by atoms with E-state index in [1.807, 2.05) is 24.3 Å². The monoisotopic (exact) mass is 424 g/mol. The Kier molecular flexibility index (Phi) is 5.66. The summed E-state index contributed by atoms with van der Waals surface area (Å²) in [5.74, 6) is 0.0444. The van der Waals surface area contributed by atoms with Gasteiger partial charge in [0.15, 0.2) is 0 Å². The molecule has 2 aromatic carbocycles. The van der Waals surface area contributed by atoms with Crippen LogP contribution in [0.5, 0.6) is 23.0 Å². The van der Waals surface area contributed by atoms with Crippen LogP contribution in [0.25, 0.3) is 21.8 Å². The zero-order valence-corrected chi connectivity index (χ0v) is 18.5. The number of ether oxygens (including phenoxy) is 2. The Morgan fingerprint density at radius 2 is 1.07 bits per heavy atom. The van der Waals surface area contributed by atoms with Crippen LogP contribution in [0.1, 0.15) is 11.4 Å². The molecule has 0 atom stereocenters. The molecule has 0 saturated heterocycles. The molecule has 0 radical (unpaired) electrons. The van der Waals surface area contributed by atoms with E-state index in [1.54, 1.807) is 24.3 Å². The van der Waals surface area contributed by atoms with Crippen molar-refractivity contribution >= 4 is 21.8 Å². The number of benzene rings is 2. The van der Waals surface area contributed by atoms with Crippen molar-refractivity contribution in [3.05, 3.63) is 59.9 Å². The summed E-state index contributed by atoms with van der Waals surface area (Å²) in [6.07, 6.45) is 0.402. The summed E-state index contributed by atoms with van der Waals surface area (Å²) in [5.41, 5.74) is 2.10. The number of methoxy groups -OCH3 is 2. The Morgan fingerprint density at radius 3 is 1.46 bits per heavy atom. The SMILES string of the molecule is COc1ccc2ccc(Cc3ccc4ccc(OC)c([O-])c4n3)nc2c1[O-].[Zn+2]. The van der Waals surface area contributed by atoms with Crippen LogP contribution in [0.4, 0.5) is 0 Å². The van der Waals surface area contributed by atoms with E-state index in [9.17, 15) is 10.2 Å². The molecule has 4 rings (SSSR count). The normalized spacial score (nSPS) is 10.6. The van der Waals surface area contributed by atoms with Crippen molar-refractivity contribution in [2.45, 2.75) is 6.42 Å². The maximum atomic E-state index is 12.4. The van der Waals surface area contributed by atoms with Gasteiger partial charge in [-0.1, -0.05) is 12.1 Å². The van der Waals surface area contributed by atoms with Gasteiger partial charge in [0.05, 0.1) is 25.3 Å². The average molecular weight is 426 g/mol. The van der Waals surface area contributed by atoms with Gasteiger partial charge in [-0.2, -0.15) is 0 Å². The second-order valence-corrected chi connectivity index (χ2v) is 6.12. The minimum Gasteiger partial charge on any atom is -0.868 e. The molecule has 0 unspecified atom stereocenters. The first-order valence-corrected chi connectivity index (χ1v) is 8.38. The van der Waals surface area contributed by atoms with E-state index in [1.165, 1.54) is 14.2 Å². The number of hydrogen-bond acceptors (Lipinski definition) is 6. The van der Waals surface area contributed by atoms with Gasteiger partial charge in [-0.15, -0.1) is 0 Å². The Hall–Kier alpha value is -2.92. The van der Waals surface area contributed by atoms with Crippen LogP contribution >= 0.6 is 0 Å². The van der Waals surface area contributed by atoms with Crippen molar-refractivity contribution in [2.24, 2.45) is 0 Å². The van der Waals surface area contributed by atoms with Crippen LogP contribution < -0.4 is 19.7 Å².